The lowest BCUT2D eigenvalue weighted by Gasteiger charge is -2.11. The second-order valence-electron chi connectivity index (χ2n) is 6.27. The number of nitrogens with one attached hydrogen (secondary N) is 1. The van der Waals surface area contributed by atoms with Crippen LogP contribution in [0.1, 0.15) is 38.4 Å². The van der Waals surface area contributed by atoms with Gasteiger partial charge in [0.05, 0.1) is 11.0 Å². The summed E-state index contributed by atoms with van der Waals surface area (Å²) >= 11 is 0. The van der Waals surface area contributed by atoms with Crippen LogP contribution >= 0.6 is 0 Å². The van der Waals surface area contributed by atoms with Crippen molar-refractivity contribution < 1.29 is 4.79 Å². The molecule has 2 heterocycles. The van der Waals surface area contributed by atoms with Gasteiger partial charge in [-0.05, 0) is 25.3 Å². The zero-order chi connectivity index (χ0) is 17.6. The van der Waals surface area contributed by atoms with E-state index < -0.39 is 0 Å². The molecule has 0 saturated carbocycles. The van der Waals surface area contributed by atoms with Crippen molar-refractivity contribution in [1.82, 2.24) is 19.9 Å². The number of aryl methyl sites for hydroxylation is 2. The molecule has 0 bridgehead atoms. The Kier molecular flexibility index (Phi) is 5.48. The SMILES string of the molecule is CCCCc1nc2c(N)nc3ccccc3c2n1CCCCNC=O. The fraction of sp³-hybridized carbons (Fsp3) is 0.421. The highest BCUT2D eigenvalue weighted by Gasteiger charge is 2.16. The van der Waals surface area contributed by atoms with E-state index in [-0.39, 0.29) is 0 Å². The summed E-state index contributed by atoms with van der Waals surface area (Å²) in [5.41, 5.74) is 8.98. The minimum absolute atomic E-state index is 0.493. The van der Waals surface area contributed by atoms with Crippen LogP contribution in [0.15, 0.2) is 24.3 Å². The number of aromatic nitrogens is 3. The predicted molar refractivity (Wildman–Crippen MR) is 101 cm³/mol. The first-order valence-electron chi connectivity index (χ1n) is 8.96. The summed E-state index contributed by atoms with van der Waals surface area (Å²) in [6.45, 7) is 3.75. The van der Waals surface area contributed by atoms with Crippen LogP contribution in [0.25, 0.3) is 21.9 Å². The molecule has 2 aromatic heterocycles. The molecule has 0 saturated heterocycles. The molecule has 0 radical (unpaired) electrons. The van der Waals surface area contributed by atoms with E-state index in [1.54, 1.807) is 0 Å². The number of hydrogen-bond acceptors (Lipinski definition) is 4. The van der Waals surface area contributed by atoms with Gasteiger partial charge in [-0.2, -0.15) is 0 Å². The molecule has 0 aliphatic rings. The van der Waals surface area contributed by atoms with Crippen LogP contribution < -0.4 is 11.1 Å². The third-order valence-electron chi connectivity index (χ3n) is 4.48. The van der Waals surface area contributed by atoms with E-state index in [0.717, 1.165) is 72.8 Å². The van der Waals surface area contributed by atoms with Crippen LogP contribution in [-0.2, 0) is 17.8 Å². The van der Waals surface area contributed by atoms with E-state index in [0.29, 0.717) is 12.4 Å². The highest BCUT2D eigenvalue weighted by Crippen LogP contribution is 2.29. The van der Waals surface area contributed by atoms with Crippen molar-refractivity contribution >= 4 is 34.2 Å². The lowest BCUT2D eigenvalue weighted by Crippen LogP contribution is -2.13. The molecule has 1 aromatic carbocycles. The molecule has 0 spiro atoms. The van der Waals surface area contributed by atoms with E-state index in [1.807, 2.05) is 18.2 Å². The Morgan fingerprint density at radius 1 is 1.20 bits per heavy atom. The molecule has 6 nitrogen and oxygen atoms in total. The van der Waals surface area contributed by atoms with E-state index in [2.05, 4.69) is 27.9 Å². The molecule has 0 aliphatic heterocycles. The topological polar surface area (TPSA) is 85.8 Å². The standard InChI is InChI=1S/C19H25N5O/c1-2-3-10-16-23-17-18(24(16)12-7-6-11-21-13-25)14-8-4-5-9-15(14)22-19(17)20/h4-5,8-9,13H,2-3,6-7,10-12H2,1H3,(H2,20,22)(H,21,25). The fourth-order valence-corrected chi connectivity index (χ4v) is 3.23. The van der Waals surface area contributed by atoms with Crippen LogP contribution in [-0.4, -0.2) is 27.5 Å². The van der Waals surface area contributed by atoms with Crippen LogP contribution in [0, 0.1) is 0 Å². The maximum absolute atomic E-state index is 10.4. The Hall–Kier alpha value is -2.63. The first-order valence-corrected chi connectivity index (χ1v) is 8.96. The first-order chi connectivity index (χ1) is 12.3. The predicted octanol–water partition coefficient (Wildman–Crippen LogP) is 3.04. The number of nitrogen functional groups attached to an aromatic ring is 1. The summed E-state index contributed by atoms with van der Waals surface area (Å²) in [6, 6.07) is 8.07. The second kappa shape index (κ2) is 7.96. The van der Waals surface area contributed by atoms with Gasteiger partial charge in [-0.1, -0.05) is 31.5 Å². The lowest BCUT2D eigenvalue weighted by atomic mass is 10.2. The van der Waals surface area contributed by atoms with Crippen molar-refractivity contribution in [3.8, 4) is 0 Å². The first kappa shape index (κ1) is 17.2. The molecule has 0 atom stereocenters. The Labute approximate surface area is 147 Å². The number of rotatable bonds is 9. The number of carbonyl (C=O) groups excluding carboxylic acids is 1. The van der Waals surface area contributed by atoms with Gasteiger partial charge in [-0.25, -0.2) is 9.97 Å². The monoisotopic (exact) mass is 339 g/mol. The largest absolute Gasteiger partial charge is 0.382 e. The maximum Gasteiger partial charge on any atom is 0.207 e. The molecular weight excluding hydrogens is 314 g/mol. The molecule has 3 rings (SSSR count). The molecule has 25 heavy (non-hydrogen) atoms. The van der Waals surface area contributed by atoms with Crippen molar-refractivity contribution in [3.05, 3.63) is 30.1 Å². The van der Waals surface area contributed by atoms with Crippen molar-refractivity contribution in [2.24, 2.45) is 0 Å². The number of benzene rings is 1. The molecule has 3 N–H and O–H groups in total. The highest BCUT2D eigenvalue weighted by atomic mass is 16.1. The lowest BCUT2D eigenvalue weighted by molar-refractivity contribution is -0.109. The van der Waals surface area contributed by atoms with Crippen molar-refractivity contribution in [2.45, 2.75) is 45.6 Å². The molecule has 0 fully saturated rings. The number of amides is 1. The van der Waals surface area contributed by atoms with Crippen LogP contribution in [0.4, 0.5) is 5.82 Å². The summed E-state index contributed by atoms with van der Waals surface area (Å²) < 4.78 is 2.30. The van der Waals surface area contributed by atoms with Gasteiger partial charge in [0.25, 0.3) is 0 Å². The van der Waals surface area contributed by atoms with Gasteiger partial charge in [0.15, 0.2) is 5.82 Å². The Morgan fingerprint density at radius 3 is 2.84 bits per heavy atom. The maximum atomic E-state index is 10.4. The third kappa shape index (κ3) is 3.57. The van der Waals surface area contributed by atoms with Crippen LogP contribution in [0.3, 0.4) is 0 Å². The number of nitrogens with zero attached hydrogens (tertiary/aromatic N) is 3. The van der Waals surface area contributed by atoms with Crippen molar-refractivity contribution in [1.29, 1.82) is 0 Å². The number of unbranched alkanes of at least 4 members (excludes halogenated alkanes) is 2. The number of anilines is 1. The fourth-order valence-electron chi connectivity index (χ4n) is 3.23. The molecule has 132 valence electrons. The molecule has 6 heteroatoms. The van der Waals surface area contributed by atoms with E-state index in [4.69, 9.17) is 10.7 Å². The zero-order valence-electron chi connectivity index (χ0n) is 14.7. The smallest absolute Gasteiger partial charge is 0.207 e. The van der Waals surface area contributed by atoms with E-state index in [9.17, 15) is 4.79 Å². The number of hydrogen-bond donors (Lipinski definition) is 2. The quantitative estimate of drug-likeness (QED) is 0.463. The number of para-hydroxylation sites is 1. The average Bonchev–Trinajstić information content (AvgIpc) is 2.99. The molecule has 0 aliphatic carbocycles. The third-order valence-corrected chi connectivity index (χ3v) is 4.48. The summed E-state index contributed by atoms with van der Waals surface area (Å²) in [5.74, 6) is 1.57. The van der Waals surface area contributed by atoms with Crippen molar-refractivity contribution in [3.63, 3.8) is 0 Å². The van der Waals surface area contributed by atoms with E-state index >= 15 is 0 Å². The number of imidazole rings is 1. The average molecular weight is 339 g/mol. The number of fused-ring (bicyclic) bond motifs is 3. The summed E-state index contributed by atoms with van der Waals surface area (Å²) in [7, 11) is 0. The minimum Gasteiger partial charge on any atom is -0.382 e. The van der Waals surface area contributed by atoms with Crippen LogP contribution in [0.5, 0.6) is 0 Å². The van der Waals surface area contributed by atoms with Crippen molar-refractivity contribution in [2.75, 3.05) is 12.3 Å². The van der Waals surface area contributed by atoms with Gasteiger partial charge < -0.3 is 15.6 Å². The molecule has 1 amide bonds. The van der Waals surface area contributed by atoms with Gasteiger partial charge in [-0.3, -0.25) is 4.79 Å². The summed E-state index contributed by atoms with van der Waals surface area (Å²) in [5, 5.41) is 3.81. The Morgan fingerprint density at radius 2 is 2.04 bits per heavy atom. The van der Waals surface area contributed by atoms with Crippen LogP contribution in [0.2, 0.25) is 0 Å². The summed E-state index contributed by atoms with van der Waals surface area (Å²) in [4.78, 5) is 19.7. The van der Waals surface area contributed by atoms with E-state index in [1.165, 1.54) is 0 Å². The van der Waals surface area contributed by atoms with Gasteiger partial charge in [0, 0.05) is 24.9 Å². The highest BCUT2D eigenvalue weighted by molar-refractivity contribution is 6.06. The zero-order valence-corrected chi connectivity index (χ0v) is 14.7. The normalized spacial score (nSPS) is 11.2. The molecule has 0 unspecified atom stereocenters. The van der Waals surface area contributed by atoms with Gasteiger partial charge in [-0.15, -0.1) is 0 Å². The number of pyridine rings is 1. The van der Waals surface area contributed by atoms with Gasteiger partial charge in [0.2, 0.25) is 6.41 Å². The van der Waals surface area contributed by atoms with Gasteiger partial charge >= 0.3 is 0 Å². The van der Waals surface area contributed by atoms with Gasteiger partial charge in [0.1, 0.15) is 11.3 Å². The second-order valence-corrected chi connectivity index (χ2v) is 6.27. The number of carbonyl (C=O) groups is 1. The molecule has 3 aromatic rings. The number of nitrogens with two attached hydrogens (primary N) is 1. The Bertz CT molecular complexity index is 871. The summed E-state index contributed by atoms with van der Waals surface area (Å²) in [6.07, 6.45) is 5.82. The Balaban J connectivity index is 2.04. The minimum atomic E-state index is 0.493. The molecular formula is C19H25N5O.